The molecule has 0 aromatic carbocycles. The number of likely N-dealkylation sites (tertiary alicyclic amines) is 1. The third-order valence-electron chi connectivity index (χ3n) is 4.56. The van der Waals surface area contributed by atoms with Gasteiger partial charge in [-0.25, -0.2) is 9.97 Å². The Morgan fingerprint density at radius 3 is 2.69 bits per heavy atom. The summed E-state index contributed by atoms with van der Waals surface area (Å²) in [5.41, 5.74) is 0. The Balaban J connectivity index is 1.54. The summed E-state index contributed by atoms with van der Waals surface area (Å²) < 4.78 is 37.4. The standard InChI is InChI=1S/C16H20F3N5O2/c17-16(18,19)10-24-8-11(7-13(24)25)14(26)22-12-3-1-6-23(9-12)15-20-4-2-5-21-15/h2,4-5,11-12H,1,3,6-10H2,(H,22,26)/t11-,12+/m0/s1. The second-order valence-electron chi connectivity index (χ2n) is 6.63. The van der Waals surface area contributed by atoms with E-state index in [-0.39, 0.29) is 24.9 Å². The number of carbonyl (C=O) groups is 2. The van der Waals surface area contributed by atoms with Crippen LogP contribution in [-0.4, -0.2) is 65.1 Å². The monoisotopic (exact) mass is 371 g/mol. The lowest BCUT2D eigenvalue weighted by molar-refractivity contribution is -0.157. The third kappa shape index (κ3) is 4.61. The van der Waals surface area contributed by atoms with E-state index in [0.29, 0.717) is 17.4 Å². The molecule has 26 heavy (non-hydrogen) atoms. The Bertz CT molecular complexity index is 655. The number of hydrogen-bond acceptors (Lipinski definition) is 5. The van der Waals surface area contributed by atoms with Crippen LogP contribution in [0.2, 0.25) is 0 Å². The van der Waals surface area contributed by atoms with Crippen molar-refractivity contribution in [3.8, 4) is 0 Å². The van der Waals surface area contributed by atoms with Crippen molar-refractivity contribution in [3.63, 3.8) is 0 Å². The smallest absolute Gasteiger partial charge is 0.351 e. The van der Waals surface area contributed by atoms with Crippen molar-refractivity contribution in [3.05, 3.63) is 18.5 Å². The molecule has 0 radical (unpaired) electrons. The van der Waals surface area contributed by atoms with Crippen LogP contribution in [0.15, 0.2) is 18.5 Å². The molecule has 0 aliphatic carbocycles. The number of piperidine rings is 1. The first-order valence-electron chi connectivity index (χ1n) is 8.49. The number of halogens is 3. The summed E-state index contributed by atoms with van der Waals surface area (Å²) in [5, 5.41) is 2.87. The van der Waals surface area contributed by atoms with Gasteiger partial charge in [0.15, 0.2) is 0 Å². The highest BCUT2D eigenvalue weighted by molar-refractivity contribution is 5.89. The zero-order valence-corrected chi connectivity index (χ0v) is 14.1. The number of hydrogen-bond donors (Lipinski definition) is 1. The van der Waals surface area contributed by atoms with E-state index in [2.05, 4.69) is 15.3 Å². The van der Waals surface area contributed by atoms with Crippen LogP contribution in [0.3, 0.4) is 0 Å². The number of amides is 2. The molecule has 0 spiro atoms. The van der Waals surface area contributed by atoms with Crippen LogP contribution < -0.4 is 10.2 Å². The number of nitrogens with zero attached hydrogens (tertiary/aromatic N) is 4. The SMILES string of the molecule is O=C(N[C@@H]1CCCN(c2ncccn2)C1)[C@H]1CC(=O)N(CC(F)(F)F)C1. The van der Waals surface area contributed by atoms with Crippen molar-refractivity contribution in [1.82, 2.24) is 20.2 Å². The molecule has 0 unspecified atom stereocenters. The number of aromatic nitrogens is 2. The zero-order chi connectivity index (χ0) is 18.7. The van der Waals surface area contributed by atoms with E-state index in [1.165, 1.54) is 0 Å². The summed E-state index contributed by atoms with van der Waals surface area (Å²) in [4.78, 5) is 35.2. The number of anilines is 1. The first-order valence-corrected chi connectivity index (χ1v) is 8.49. The van der Waals surface area contributed by atoms with Crippen LogP contribution in [0.1, 0.15) is 19.3 Å². The number of carbonyl (C=O) groups excluding carboxylic acids is 2. The minimum Gasteiger partial charge on any atom is -0.351 e. The second-order valence-corrected chi connectivity index (χ2v) is 6.63. The average molecular weight is 371 g/mol. The molecule has 142 valence electrons. The average Bonchev–Trinajstić information content (AvgIpc) is 2.95. The van der Waals surface area contributed by atoms with Crippen LogP contribution in [0.25, 0.3) is 0 Å². The fourth-order valence-corrected chi connectivity index (χ4v) is 3.37. The summed E-state index contributed by atoms with van der Waals surface area (Å²) in [7, 11) is 0. The van der Waals surface area contributed by atoms with Crippen molar-refractivity contribution >= 4 is 17.8 Å². The number of alkyl halides is 3. The van der Waals surface area contributed by atoms with E-state index < -0.39 is 24.5 Å². The minimum absolute atomic E-state index is 0.146. The molecule has 3 heterocycles. The van der Waals surface area contributed by atoms with Gasteiger partial charge in [0, 0.05) is 44.5 Å². The predicted octanol–water partition coefficient (Wildman–Crippen LogP) is 0.972. The molecule has 0 bridgehead atoms. The van der Waals surface area contributed by atoms with E-state index in [9.17, 15) is 22.8 Å². The molecular weight excluding hydrogens is 351 g/mol. The number of nitrogens with one attached hydrogen (secondary N) is 1. The van der Waals surface area contributed by atoms with Gasteiger partial charge < -0.3 is 15.1 Å². The minimum atomic E-state index is -4.46. The van der Waals surface area contributed by atoms with E-state index in [0.717, 1.165) is 19.4 Å². The largest absolute Gasteiger partial charge is 0.406 e. The van der Waals surface area contributed by atoms with E-state index >= 15 is 0 Å². The van der Waals surface area contributed by atoms with E-state index in [1.54, 1.807) is 18.5 Å². The number of rotatable bonds is 4. The van der Waals surface area contributed by atoms with Gasteiger partial charge in [0.05, 0.1) is 5.92 Å². The van der Waals surface area contributed by atoms with Crippen LogP contribution >= 0.6 is 0 Å². The van der Waals surface area contributed by atoms with Gasteiger partial charge in [0.1, 0.15) is 6.54 Å². The summed E-state index contributed by atoms with van der Waals surface area (Å²) in [6.45, 7) is -0.194. The van der Waals surface area contributed by atoms with Crippen molar-refractivity contribution in [1.29, 1.82) is 0 Å². The molecule has 2 fully saturated rings. The Morgan fingerprint density at radius 2 is 2.00 bits per heavy atom. The summed E-state index contributed by atoms with van der Waals surface area (Å²) in [6, 6.07) is 1.57. The fourth-order valence-electron chi connectivity index (χ4n) is 3.37. The van der Waals surface area contributed by atoms with Crippen LogP contribution in [-0.2, 0) is 9.59 Å². The molecule has 10 heteroatoms. The third-order valence-corrected chi connectivity index (χ3v) is 4.56. The summed E-state index contributed by atoms with van der Waals surface area (Å²) in [6.07, 6.45) is 0.254. The Hall–Kier alpha value is -2.39. The highest BCUT2D eigenvalue weighted by Gasteiger charge is 2.41. The molecule has 2 aliphatic heterocycles. The van der Waals surface area contributed by atoms with Gasteiger partial charge in [-0.15, -0.1) is 0 Å². The summed E-state index contributed by atoms with van der Waals surface area (Å²) >= 11 is 0. The highest BCUT2D eigenvalue weighted by atomic mass is 19.4. The Morgan fingerprint density at radius 1 is 1.27 bits per heavy atom. The molecule has 2 atom stereocenters. The molecular formula is C16H20F3N5O2. The molecule has 7 nitrogen and oxygen atoms in total. The van der Waals surface area contributed by atoms with E-state index in [4.69, 9.17) is 0 Å². The quantitative estimate of drug-likeness (QED) is 0.854. The molecule has 3 rings (SSSR count). The van der Waals surface area contributed by atoms with Crippen LogP contribution in [0.5, 0.6) is 0 Å². The van der Waals surface area contributed by atoms with Gasteiger partial charge in [-0.2, -0.15) is 13.2 Å². The lowest BCUT2D eigenvalue weighted by Crippen LogP contribution is -2.50. The lowest BCUT2D eigenvalue weighted by atomic mass is 10.0. The maximum absolute atomic E-state index is 12.5. The highest BCUT2D eigenvalue weighted by Crippen LogP contribution is 2.24. The Labute approximate surface area is 148 Å². The second kappa shape index (κ2) is 7.46. The molecule has 0 saturated carbocycles. The maximum Gasteiger partial charge on any atom is 0.406 e. The summed E-state index contributed by atoms with van der Waals surface area (Å²) in [5.74, 6) is -1.17. The van der Waals surface area contributed by atoms with Gasteiger partial charge in [-0.3, -0.25) is 9.59 Å². The first kappa shape index (κ1) is 18.4. The van der Waals surface area contributed by atoms with Crippen molar-refractivity contribution in [2.24, 2.45) is 5.92 Å². The molecule has 1 aromatic heterocycles. The maximum atomic E-state index is 12.5. The van der Waals surface area contributed by atoms with Crippen molar-refractivity contribution in [2.45, 2.75) is 31.5 Å². The van der Waals surface area contributed by atoms with Gasteiger partial charge >= 0.3 is 6.18 Å². The van der Waals surface area contributed by atoms with E-state index in [1.807, 2.05) is 4.90 Å². The van der Waals surface area contributed by atoms with Crippen molar-refractivity contribution < 1.29 is 22.8 Å². The lowest BCUT2D eigenvalue weighted by Gasteiger charge is -2.33. The Kier molecular flexibility index (Phi) is 5.28. The van der Waals surface area contributed by atoms with Gasteiger partial charge in [-0.05, 0) is 18.9 Å². The molecule has 1 N–H and O–H groups in total. The predicted molar refractivity (Wildman–Crippen MR) is 86.2 cm³/mol. The normalized spacial score (nSPS) is 24.0. The zero-order valence-electron chi connectivity index (χ0n) is 14.1. The van der Waals surface area contributed by atoms with Crippen LogP contribution in [0.4, 0.5) is 19.1 Å². The molecule has 2 saturated heterocycles. The van der Waals surface area contributed by atoms with Gasteiger partial charge in [0.25, 0.3) is 0 Å². The molecule has 1 aromatic rings. The van der Waals surface area contributed by atoms with Gasteiger partial charge in [0.2, 0.25) is 17.8 Å². The first-order chi connectivity index (χ1) is 12.3. The van der Waals surface area contributed by atoms with Crippen LogP contribution in [0, 0.1) is 5.92 Å². The van der Waals surface area contributed by atoms with Crippen molar-refractivity contribution in [2.75, 3.05) is 31.1 Å². The van der Waals surface area contributed by atoms with Gasteiger partial charge in [-0.1, -0.05) is 0 Å². The molecule has 2 amide bonds. The topological polar surface area (TPSA) is 78.4 Å². The fraction of sp³-hybridized carbons (Fsp3) is 0.625. The molecule has 2 aliphatic rings.